The molecule has 1 unspecified atom stereocenters. The molecule has 1 aromatic rings. The molecule has 0 radical (unpaired) electrons. The number of nitriles is 1. The second-order valence-corrected chi connectivity index (χ2v) is 5.10. The number of hydrogen-bond donors (Lipinski definition) is 0. The van der Waals surface area contributed by atoms with Crippen LogP contribution in [0.15, 0.2) is 30.3 Å². The first-order valence-electron chi connectivity index (χ1n) is 6.80. The average Bonchev–Trinajstić information content (AvgIpc) is 2.89. The highest BCUT2D eigenvalue weighted by Crippen LogP contribution is 2.36. The highest BCUT2D eigenvalue weighted by atomic mass is 16.7. The van der Waals surface area contributed by atoms with E-state index < -0.39 is 5.79 Å². The van der Waals surface area contributed by atoms with Gasteiger partial charge in [0.25, 0.3) is 0 Å². The standard InChI is InChI=1S/C15H18N2O2/c16-11-14-15(18-9-10-19-15)7-4-8-17(14)12-13-5-2-1-3-6-13/h1-3,5-6,14H,4,7-10,12H2. The Morgan fingerprint density at radius 1 is 1.26 bits per heavy atom. The fraction of sp³-hybridized carbons (Fsp3) is 0.533. The molecule has 0 aromatic heterocycles. The summed E-state index contributed by atoms with van der Waals surface area (Å²) in [7, 11) is 0. The molecule has 2 aliphatic heterocycles. The van der Waals surface area contributed by atoms with E-state index in [2.05, 4.69) is 23.1 Å². The van der Waals surface area contributed by atoms with E-state index in [1.807, 2.05) is 18.2 Å². The number of ether oxygens (including phenoxy) is 2. The van der Waals surface area contributed by atoms with E-state index >= 15 is 0 Å². The fourth-order valence-electron chi connectivity index (χ4n) is 3.01. The van der Waals surface area contributed by atoms with Crippen LogP contribution >= 0.6 is 0 Å². The number of hydrogen-bond acceptors (Lipinski definition) is 4. The summed E-state index contributed by atoms with van der Waals surface area (Å²) in [6.45, 7) is 2.88. The van der Waals surface area contributed by atoms with Crippen LogP contribution in [-0.4, -0.2) is 36.5 Å². The van der Waals surface area contributed by atoms with Crippen LogP contribution in [0.1, 0.15) is 18.4 Å². The van der Waals surface area contributed by atoms with E-state index in [-0.39, 0.29) is 6.04 Å². The minimum atomic E-state index is -0.693. The summed E-state index contributed by atoms with van der Waals surface area (Å²) in [5.41, 5.74) is 1.22. The van der Waals surface area contributed by atoms with Crippen LogP contribution in [0.3, 0.4) is 0 Å². The second-order valence-electron chi connectivity index (χ2n) is 5.10. The van der Waals surface area contributed by atoms with Gasteiger partial charge in [0.1, 0.15) is 0 Å². The van der Waals surface area contributed by atoms with E-state index in [4.69, 9.17) is 9.47 Å². The molecule has 4 nitrogen and oxygen atoms in total. The summed E-state index contributed by atoms with van der Waals surface area (Å²) >= 11 is 0. The van der Waals surface area contributed by atoms with Crippen molar-refractivity contribution >= 4 is 0 Å². The molecular formula is C15H18N2O2. The zero-order chi connectivity index (χ0) is 13.1. The van der Waals surface area contributed by atoms with Crippen molar-refractivity contribution in [1.82, 2.24) is 4.90 Å². The number of nitrogens with zero attached hydrogens (tertiary/aromatic N) is 2. The van der Waals surface area contributed by atoms with Gasteiger partial charge in [-0.25, -0.2) is 0 Å². The van der Waals surface area contributed by atoms with Gasteiger partial charge in [-0.2, -0.15) is 5.26 Å². The van der Waals surface area contributed by atoms with E-state index in [1.165, 1.54) is 5.56 Å². The lowest BCUT2D eigenvalue weighted by molar-refractivity contribution is -0.210. The second kappa shape index (κ2) is 5.30. The molecule has 0 aliphatic carbocycles. The van der Waals surface area contributed by atoms with Crippen LogP contribution in [-0.2, 0) is 16.0 Å². The number of rotatable bonds is 2. The summed E-state index contributed by atoms with van der Waals surface area (Å²) in [4.78, 5) is 2.17. The van der Waals surface area contributed by atoms with Gasteiger partial charge >= 0.3 is 0 Å². The predicted octanol–water partition coefficient (Wildman–Crippen LogP) is 1.92. The third-order valence-electron chi connectivity index (χ3n) is 3.88. The monoisotopic (exact) mass is 258 g/mol. The van der Waals surface area contributed by atoms with Gasteiger partial charge in [-0.05, 0) is 12.0 Å². The van der Waals surface area contributed by atoms with Gasteiger partial charge in [0.15, 0.2) is 11.8 Å². The van der Waals surface area contributed by atoms with Crippen molar-refractivity contribution in [3.63, 3.8) is 0 Å². The smallest absolute Gasteiger partial charge is 0.197 e. The molecule has 1 aromatic carbocycles. The molecule has 4 heteroatoms. The van der Waals surface area contributed by atoms with Gasteiger partial charge in [-0.1, -0.05) is 30.3 Å². The Labute approximate surface area is 113 Å². The minimum absolute atomic E-state index is 0.316. The normalized spacial score (nSPS) is 26.4. The summed E-state index contributed by atoms with van der Waals surface area (Å²) in [5, 5.41) is 9.51. The summed E-state index contributed by atoms with van der Waals surface area (Å²) in [6, 6.07) is 12.3. The van der Waals surface area contributed by atoms with Gasteiger partial charge in [0, 0.05) is 19.5 Å². The van der Waals surface area contributed by atoms with Crippen molar-refractivity contribution in [2.24, 2.45) is 0 Å². The van der Waals surface area contributed by atoms with Crippen molar-refractivity contribution in [3.05, 3.63) is 35.9 Å². The van der Waals surface area contributed by atoms with Crippen molar-refractivity contribution < 1.29 is 9.47 Å². The largest absolute Gasteiger partial charge is 0.345 e. The molecule has 2 aliphatic rings. The maximum absolute atomic E-state index is 9.51. The van der Waals surface area contributed by atoms with Crippen molar-refractivity contribution in [2.75, 3.05) is 19.8 Å². The Bertz CT molecular complexity index is 463. The first kappa shape index (κ1) is 12.6. The molecule has 2 saturated heterocycles. The minimum Gasteiger partial charge on any atom is -0.345 e. The third kappa shape index (κ3) is 2.37. The van der Waals surface area contributed by atoms with E-state index in [1.54, 1.807) is 0 Å². The van der Waals surface area contributed by atoms with Crippen molar-refractivity contribution in [3.8, 4) is 6.07 Å². The Morgan fingerprint density at radius 2 is 2.00 bits per heavy atom. The number of likely N-dealkylation sites (tertiary alicyclic amines) is 1. The Hall–Kier alpha value is -1.41. The van der Waals surface area contributed by atoms with Crippen LogP contribution in [0.4, 0.5) is 0 Å². The molecule has 0 N–H and O–H groups in total. The SMILES string of the molecule is N#CC1N(Cc2ccccc2)CCCC12OCCO2. The summed E-state index contributed by atoms with van der Waals surface area (Å²) in [6.07, 6.45) is 1.82. The van der Waals surface area contributed by atoms with Crippen LogP contribution in [0.25, 0.3) is 0 Å². The molecule has 3 rings (SSSR count). The lowest BCUT2D eigenvalue weighted by atomic mass is 9.95. The van der Waals surface area contributed by atoms with Gasteiger partial charge in [-0.3, -0.25) is 4.90 Å². The zero-order valence-corrected chi connectivity index (χ0v) is 10.9. The third-order valence-corrected chi connectivity index (χ3v) is 3.88. The van der Waals surface area contributed by atoms with Crippen LogP contribution in [0.2, 0.25) is 0 Å². The molecule has 0 bridgehead atoms. The quantitative estimate of drug-likeness (QED) is 0.813. The van der Waals surface area contributed by atoms with Crippen LogP contribution < -0.4 is 0 Å². The van der Waals surface area contributed by atoms with Gasteiger partial charge in [0.2, 0.25) is 0 Å². The number of benzene rings is 1. The molecule has 1 spiro atoms. The van der Waals surface area contributed by atoms with Crippen LogP contribution in [0.5, 0.6) is 0 Å². The average molecular weight is 258 g/mol. The maximum Gasteiger partial charge on any atom is 0.197 e. The Kier molecular flexibility index (Phi) is 3.52. The fourth-order valence-corrected chi connectivity index (χ4v) is 3.01. The summed E-state index contributed by atoms with van der Waals surface area (Å²) in [5.74, 6) is -0.693. The molecule has 0 saturated carbocycles. The zero-order valence-electron chi connectivity index (χ0n) is 10.9. The first-order valence-corrected chi connectivity index (χ1v) is 6.80. The van der Waals surface area contributed by atoms with Gasteiger partial charge in [-0.15, -0.1) is 0 Å². The molecule has 100 valence electrons. The number of piperidine rings is 1. The molecule has 1 atom stereocenters. The van der Waals surface area contributed by atoms with Crippen molar-refractivity contribution in [1.29, 1.82) is 5.26 Å². The van der Waals surface area contributed by atoms with E-state index in [0.717, 1.165) is 25.9 Å². The lowest BCUT2D eigenvalue weighted by Gasteiger charge is -2.42. The first-order chi connectivity index (χ1) is 9.34. The molecule has 2 heterocycles. The molecular weight excluding hydrogens is 240 g/mol. The Balaban J connectivity index is 1.79. The summed E-state index contributed by atoms with van der Waals surface area (Å²) < 4.78 is 11.5. The highest BCUT2D eigenvalue weighted by molar-refractivity contribution is 5.16. The maximum atomic E-state index is 9.51. The van der Waals surface area contributed by atoms with E-state index in [9.17, 15) is 5.26 Å². The molecule has 2 fully saturated rings. The van der Waals surface area contributed by atoms with E-state index in [0.29, 0.717) is 13.2 Å². The molecule has 0 amide bonds. The lowest BCUT2D eigenvalue weighted by Crippen LogP contribution is -2.56. The van der Waals surface area contributed by atoms with Gasteiger partial charge in [0.05, 0.1) is 19.3 Å². The predicted molar refractivity (Wildman–Crippen MR) is 70.1 cm³/mol. The highest BCUT2D eigenvalue weighted by Gasteiger charge is 2.49. The van der Waals surface area contributed by atoms with Gasteiger partial charge < -0.3 is 9.47 Å². The van der Waals surface area contributed by atoms with Crippen molar-refractivity contribution in [2.45, 2.75) is 31.2 Å². The Morgan fingerprint density at radius 3 is 2.68 bits per heavy atom. The topological polar surface area (TPSA) is 45.5 Å². The van der Waals surface area contributed by atoms with Crippen LogP contribution in [0, 0.1) is 11.3 Å². The molecule has 19 heavy (non-hydrogen) atoms.